The number of aliphatic hydroxyl groups is 1. The summed E-state index contributed by atoms with van der Waals surface area (Å²) in [7, 11) is 0. The summed E-state index contributed by atoms with van der Waals surface area (Å²) in [5.74, 6) is -0.656. The SMILES string of the molecule is Cl.Cl.OC1(C(CN2CCNCC2)c2ccc(OCc3ccccc3)c(OC(F)(F)F)c2)CCCCC1. The predicted octanol–water partition coefficient (Wildman–Crippen LogP) is 5.69. The van der Waals surface area contributed by atoms with Crippen molar-refractivity contribution in [2.45, 2.75) is 56.6 Å². The third-order valence-corrected chi connectivity index (χ3v) is 6.85. The van der Waals surface area contributed by atoms with Crippen LogP contribution in [-0.2, 0) is 6.61 Å². The minimum atomic E-state index is -4.85. The molecule has 36 heavy (non-hydrogen) atoms. The number of nitrogens with zero attached hydrogens (tertiary/aromatic N) is 1. The van der Waals surface area contributed by atoms with E-state index in [2.05, 4.69) is 15.0 Å². The van der Waals surface area contributed by atoms with E-state index in [9.17, 15) is 18.3 Å². The number of piperazine rings is 1. The lowest BCUT2D eigenvalue weighted by atomic mass is 9.72. The Morgan fingerprint density at radius 2 is 1.61 bits per heavy atom. The van der Waals surface area contributed by atoms with Crippen molar-refractivity contribution in [3.63, 3.8) is 0 Å². The van der Waals surface area contributed by atoms with Gasteiger partial charge in [-0.15, -0.1) is 38.0 Å². The van der Waals surface area contributed by atoms with Gasteiger partial charge >= 0.3 is 6.36 Å². The van der Waals surface area contributed by atoms with Crippen molar-refractivity contribution in [3.8, 4) is 11.5 Å². The molecule has 0 radical (unpaired) electrons. The molecule has 1 saturated carbocycles. The second-order valence-corrected chi connectivity index (χ2v) is 9.30. The molecular weight excluding hydrogens is 516 g/mol. The van der Waals surface area contributed by atoms with Crippen LogP contribution in [-0.4, -0.2) is 54.7 Å². The highest BCUT2D eigenvalue weighted by atomic mass is 35.5. The van der Waals surface area contributed by atoms with Crippen LogP contribution in [0.3, 0.4) is 0 Å². The first-order valence-electron chi connectivity index (χ1n) is 12.0. The Labute approximate surface area is 223 Å². The van der Waals surface area contributed by atoms with E-state index in [0.717, 1.165) is 51.0 Å². The molecule has 2 aliphatic rings. The maximum Gasteiger partial charge on any atom is 0.573 e. The fourth-order valence-corrected chi connectivity index (χ4v) is 5.05. The Morgan fingerprint density at radius 1 is 0.944 bits per heavy atom. The van der Waals surface area contributed by atoms with Gasteiger partial charge in [-0.2, -0.15) is 0 Å². The van der Waals surface area contributed by atoms with Crippen molar-refractivity contribution in [1.82, 2.24) is 10.2 Å². The summed E-state index contributed by atoms with van der Waals surface area (Å²) in [5, 5.41) is 14.9. The lowest BCUT2D eigenvalue weighted by Crippen LogP contribution is -2.49. The van der Waals surface area contributed by atoms with Crippen LogP contribution >= 0.6 is 24.8 Å². The molecule has 1 unspecified atom stereocenters. The van der Waals surface area contributed by atoms with Gasteiger partial charge in [0.25, 0.3) is 0 Å². The van der Waals surface area contributed by atoms with Crippen LogP contribution in [0, 0.1) is 0 Å². The molecular formula is C26H35Cl2F3N2O3. The molecule has 5 nitrogen and oxygen atoms in total. The molecule has 10 heteroatoms. The zero-order valence-corrected chi connectivity index (χ0v) is 21.8. The quantitative estimate of drug-likeness (QED) is 0.442. The molecule has 0 amide bonds. The van der Waals surface area contributed by atoms with Gasteiger partial charge in [0.15, 0.2) is 11.5 Å². The Bertz CT molecular complexity index is 922. The van der Waals surface area contributed by atoms with Gasteiger partial charge in [-0.1, -0.05) is 55.7 Å². The molecule has 2 N–H and O–H groups in total. The lowest BCUT2D eigenvalue weighted by molar-refractivity contribution is -0.275. The predicted molar refractivity (Wildman–Crippen MR) is 138 cm³/mol. The maximum atomic E-state index is 13.3. The second kappa shape index (κ2) is 13.7. The van der Waals surface area contributed by atoms with Gasteiger partial charge < -0.3 is 24.8 Å². The first-order valence-corrected chi connectivity index (χ1v) is 12.0. The molecule has 1 aliphatic heterocycles. The zero-order valence-electron chi connectivity index (χ0n) is 20.1. The maximum absolute atomic E-state index is 13.3. The van der Waals surface area contributed by atoms with Crippen LogP contribution < -0.4 is 14.8 Å². The first-order chi connectivity index (χ1) is 16.3. The fraction of sp³-hybridized carbons (Fsp3) is 0.538. The Hall–Kier alpha value is -1.71. The molecule has 1 aliphatic carbocycles. The van der Waals surface area contributed by atoms with E-state index in [-0.39, 0.29) is 48.8 Å². The number of ether oxygens (including phenoxy) is 2. The van der Waals surface area contributed by atoms with Crippen LogP contribution in [0.4, 0.5) is 13.2 Å². The van der Waals surface area contributed by atoms with Gasteiger partial charge in [0.05, 0.1) is 5.60 Å². The summed E-state index contributed by atoms with van der Waals surface area (Å²) >= 11 is 0. The normalized spacial score (nSPS) is 18.9. The monoisotopic (exact) mass is 550 g/mol. The van der Waals surface area contributed by atoms with Crippen LogP contribution in [0.2, 0.25) is 0 Å². The van der Waals surface area contributed by atoms with Gasteiger partial charge in [0.1, 0.15) is 6.61 Å². The summed E-state index contributed by atoms with van der Waals surface area (Å²) in [6.07, 6.45) is -0.662. The molecule has 0 aromatic heterocycles. The van der Waals surface area contributed by atoms with Crippen molar-refractivity contribution < 1.29 is 27.8 Å². The molecule has 1 saturated heterocycles. The molecule has 202 valence electrons. The second-order valence-electron chi connectivity index (χ2n) is 9.30. The molecule has 2 aromatic rings. The molecule has 0 bridgehead atoms. The number of alkyl halides is 3. The van der Waals surface area contributed by atoms with Crippen molar-refractivity contribution in [2.24, 2.45) is 0 Å². The number of hydrogen-bond acceptors (Lipinski definition) is 5. The zero-order chi connectivity index (χ0) is 24.0. The standard InChI is InChI=1S/C26H33F3N2O3.2ClH/c27-26(28,29)34-24-17-21(9-10-23(24)33-19-20-7-3-1-4-8-20)22(18-31-15-13-30-14-16-31)25(32)11-5-2-6-12-25;;/h1,3-4,7-10,17,22,30,32H,2,5-6,11-16,18-19H2;2*1H. The number of benzene rings is 2. The highest BCUT2D eigenvalue weighted by Gasteiger charge is 2.40. The van der Waals surface area contributed by atoms with Gasteiger partial charge in [-0.25, -0.2) is 0 Å². The van der Waals surface area contributed by atoms with Crippen LogP contribution in [0.1, 0.15) is 49.1 Å². The topological polar surface area (TPSA) is 54.0 Å². The molecule has 4 rings (SSSR count). The molecule has 0 spiro atoms. The molecule has 1 atom stereocenters. The van der Waals surface area contributed by atoms with E-state index in [4.69, 9.17) is 4.74 Å². The van der Waals surface area contributed by atoms with Crippen molar-refractivity contribution in [3.05, 3.63) is 59.7 Å². The lowest BCUT2D eigenvalue weighted by Gasteiger charge is -2.42. The highest BCUT2D eigenvalue weighted by Crippen LogP contribution is 2.43. The van der Waals surface area contributed by atoms with Crippen LogP contribution in [0.15, 0.2) is 48.5 Å². The summed E-state index contributed by atoms with van der Waals surface area (Å²) in [6.45, 7) is 4.13. The average Bonchev–Trinajstić information content (AvgIpc) is 2.82. The number of halogens is 5. The average molecular weight is 551 g/mol. The number of rotatable bonds is 8. The van der Waals surface area contributed by atoms with Crippen molar-refractivity contribution >= 4 is 24.8 Å². The largest absolute Gasteiger partial charge is 0.573 e. The summed E-state index contributed by atoms with van der Waals surface area (Å²) < 4.78 is 49.9. The van der Waals surface area contributed by atoms with Gasteiger partial charge in [0, 0.05) is 38.6 Å². The summed E-state index contributed by atoms with van der Waals surface area (Å²) in [6, 6.07) is 14.0. The third kappa shape index (κ3) is 8.42. The number of hydrogen-bond donors (Lipinski definition) is 2. The van der Waals surface area contributed by atoms with Gasteiger partial charge in [-0.05, 0) is 36.1 Å². The van der Waals surface area contributed by atoms with Crippen LogP contribution in [0.5, 0.6) is 11.5 Å². The number of nitrogens with one attached hydrogen (secondary N) is 1. The van der Waals surface area contributed by atoms with E-state index in [1.807, 2.05) is 30.3 Å². The van der Waals surface area contributed by atoms with E-state index < -0.39 is 12.0 Å². The van der Waals surface area contributed by atoms with Gasteiger partial charge in [0.2, 0.25) is 0 Å². The van der Waals surface area contributed by atoms with Gasteiger partial charge in [-0.3, -0.25) is 0 Å². The van der Waals surface area contributed by atoms with E-state index in [1.54, 1.807) is 6.07 Å². The van der Waals surface area contributed by atoms with Crippen LogP contribution in [0.25, 0.3) is 0 Å². The molecule has 2 aromatic carbocycles. The molecule has 2 fully saturated rings. The van der Waals surface area contributed by atoms with E-state index in [1.165, 1.54) is 12.1 Å². The Morgan fingerprint density at radius 3 is 2.25 bits per heavy atom. The van der Waals surface area contributed by atoms with Crippen molar-refractivity contribution in [1.29, 1.82) is 0 Å². The Balaban J connectivity index is 0.00000228. The Kier molecular flexibility index (Phi) is 11.6. The summed E-state index contributed by atoms with van der Waals surface area (Å²) in [5.41, 5.74) is 0.539. The third-order valence-electron chi connectivity index (χ3n) is 6.85. The summed E-state index contributed by atoms with van der Waals surface area (Å²) in [4.78, 5) is 2.28. The van der Waals surface area contributed by atoms with E-state index in [0.29, 0.717) is 24.9 Å². The highest BCUT2D eigenvalue weighted by molar-refractivity contribution is 5.85. The van der Waals surface area contributed by atoms with Crippen molar-refractivity contribution in [2.75, 3.05) is 32.7 Å². The van der Waals surface area contributed by atoms with E-state index >= 15 is 0 Å². The fourth-order valence-electron chi connectivity index (χ4n) is 5.05. The molecule has 1 heterocycles. The minimum Gasteiger partial charge on any atom is -0.485 e. The minimum absolute atomic E-state index is 0. The first kappa shape index (κ1) is 30.5. The smallest absolute Gasteiger partial charge is 0.485 e.